The van der Waals surface area contributed by atoms with Crippen LogP contribution in [-0.4, -0.2) is 18.6 Å². The number of para-hydroxylation sites is 2. The monoisotopic (exact) mass is 296 g/mol. The number of benzene rings is 2. The van der Waals surface area contributed by atoms with Crippen LogP contribution in [0, 0.1) is 0 Å². The van der Waals surface area contributed by atoms with Crippen LogP contribution < -0.4 is 9.64 Å². The molecule has 1 aliphatic heterocycles. The lowest BCUT2D eigenvalue weighted by atomic mass is 10.0. The fourth-order valence-electron chi connectivity index (χ4n) is 2.92. The van der Waals surface area contributed by atoms with Crippen molar-refractivity contribution < 1.29 is 4.74 Å². The van der Waals surface area contributed by atoms with E-state index in [1.807, 2.05) is 12.1 Å². The standard InChI is InChI=1S/C17H16N2OS/c1-20-14-9-4-10-15-16(14)18-17(21-15)19-11-5-7-12-6-2-3-8-13(12)19/h2-4,6,8-10H,5,7,11H2,1H3. The molecule has 4 heteroatoms. The number of anilines is 2. The van der Waals surface area contributed by atoms with Crippen LogP contribution >= 0.6 is 11.3 Å². The topological polar surface area (TPSA) is 25.4 Å². The molecule has 0 amide bonds. The Morgan fingerprint density at radius 3 is 2.95 bits per heavy atom. The zero-order chi connectivity index (χ0) is 14.2. The van der Waals surface area contributed by atoms with Crippen LogP contribution in [0.5, 0.6) is 5.75 Å². The van der Waals surface area contributed by atoms with E-state index < -0.39 is 0 Å². The molecule has 0 bridgehead atoms. The van der Waals surface area contributed by atoms with Gasteiger partial charge in [-0.25, -0.2) is 4.98 Å². The highest BCUT2D eigenvalue weighted by Crippen LogP contribution is 2.39. The third-order valence-electron chi connectivity index (χ3n) is 3.93. The minimum absolute atomic E-state index is 0.847. The van der Waals surface area contributed by atoms with Gasteiger partial charge in [-0.3, -0.25) is 0 Å². The number of nitrogens with zero attached hydrogens (tertiary/aromatic N) is 2. The average Bonchev–Trinajstić information content (AvgIpc) is 2.98. The molecule has 106 valence electrons. The molecule has 0 N–H and O–H groups in total. The SMILES string of the molecule is COc1cccc2sc(N3CCCc4ccccc43)nc12. The summed E-state index contributed by atoms with van der Waals surface area (Å²) in [7, 11) is 1.70. The molecule has 0 unspecified atom stereocenters. The summed E-state index contributed by atoms with van der Waals surface area (Å²) in [6.45, 7) is 1.03. The van der Waals surface area contributed by atoms with Gasteiger partial charge in [0.1, 0.15) is 11.3 Å². The zero-order valence-corrected chi connectivity index (χ0v) is 12.7. The summed E-state index contributed by atoms with van der Waals surface area (Å²) in [6.07, 6.45) is 2.32. The van der Waals surface area contributed by atoms with E-state index >= 15 is 0 Å². The summed E-state index contributed by atoms with van der Waals surface area (Å²) < 4.78 is 6.60. The molecule has 4 rings (SSSR count). The van der Waals surface area contributed by atoms with E-state index in [-0.39, 0.29) is 0 Å². The maximum atomic E-state index is 5.42. The molecule has 1 aliphatic rings. The summed E-state index contributed by atoms with van der Waals surface area (Å²) in [4.78, 5) is 7.16. The van der Waals surface area contributed by atoms with E-state index in [2.05, 4.69) is 35.2 Å². The maximum absolute atomic E-state index is 5.42. The molecule has 0 fully saturated rings. The minimum Gasteiger partial charge on any atom is -0.494 e. The normalized spacial score (nSPS) is 14.2. The fourth-order valence-corrected chi connectivity index (χ4v) is 3.95. The number of thiazole rings is 1. The molecule has 0 radical (unpaired) electrons. The van der Waals surface area contributed by atoms with Crippen molar-refractivity contribution in [2.45, 2.75) is 12.8 Å². The van der Waals surface area contributed by atoms with Gasteiger partial charge in [-0.2, -0.15) is 0 Å². The number of ether oxygens (including phenoxy) is 1. The Morgan fingerprint density at radius 1 is 1.14 bits per heavy atom. The van der Waals surface area contributed by atoms with Gasteiger partial charge in [-0.05, 0) is 36.6 Å². The molecular formula is C17H16N2OS. The Balaban J connectivity index is 1.84. The second-order valence-corrected chi connectivity index (χ2v) is 6.20. The first-order valence-corrected chi connectivity index (χ1v) is 7.97. The number of methoxy groups -OCH3 is 1. The Morgan fingerprint density at radius 2 is 2.05 bits per heavy atom. The highest BCUT2D eigenvalue weighted by Gasteiger charge is 2.21. The summed E-state index contributed by atoms with van der Waals surface area (Å²) in [5.74, 6) is 0.847. The van der Waals surface area contributed by atoms with Gasteiger partial charge in [-0.1, -0.05) is 35.6 Å². The molecule has 0 atom stereocenters. The molecule has 0 aliphatic carbocycles. The first-order valence-electron chi connectivity index (χ1n) is 7.16. The van der Waals surface area contributed by atoms with E-state index in [4.69, 9.17) is 9.72 Å². The zero-order valence-electron chi connectivity index (χ0n) is 11.9. The van der Waals surface area contributed by atoms with Gasteiger partial charge in [0, 0.05) is 12.2 Å². The van der Waals surface area contributed by atoms with Crippen LogP contribution in [0.1, 0.15) is 12.0 Å². The summed E-state index contributed by atoms with van der Waals surface area (Å²) in [5.41, 5.74) is 3.67. The second-order valence-electron chi connectivity index (χ2n) is 5.19. The molecule has 0 saturated carbocycles. The van der Waals surface area contributed by atoms with Crippen LogP contribution in [0.3, 0.4) is 0 Å². The van der Waals surface area contributed by atoms with Gasteiger partial charge < -0.3 is 9.64 Å². The molecule has 21 heavy (non-hydrogen) atoms. The van der Waals surface area contributed by atoms with Crippen LogP contribution in [0.2, 0.25) is 0 Å². The number of hydrogen-bond acceptors (Lipinski definition) is 4. The predicted octanol–water partition coefficient (Wildman–Crippen LogP) is 4.39. The molecule has 2 heterocycles. The highest BCUT2D eigenvalue weighted by atomic mass is 32.1. The van der Waals surface area contributed by atoms with Gasteiger partial charge in [-0.15, -0.1) is 0 Å². The molecule has 0 saturated heterocycles. The van der Waals surface area contributed by atoms with E-state index in [1.54, 1.807) is 18.4 Å². The second kappa shape index (κ2) is 5.04. The van der Waals surface area contributed by atoms with E-state index in [0.29, 0.717) is 0 Å². The van der Waals surface area contributed by atoms with Gasteiger partial charge in [0.2, 0.25) is 0 Å². The van der Waals surface area contributed by atoms with Crippen LogP contribution in [0.25, 0.3) is 10.2 Å². The predicted molar refractivity (Wildman–Crippen MR) is 87.9 cm³/mol. The first kappa shape index (κ1) is 12.7. The summed E-state index contributed by atoms with van der Waals surface area (Å²) in [6, 6.07) is 14.7. The van der Waals surface area contributed by atoms with Gasteiger partial charge in [0.15, 0.2) is 5.13 Å². The Hall–Kier alpha value is -2.07. The molecule has 1 aromatic heterocycles. The fraction of sp³-hybridized carbons (Fsp3) is 0.235. The average molecular weight is 296 g/mol. The van der Waals surface area contributed by atoms with E-state index in [0.717, 1.165) is 29.4 Å². The first-order chi connectivity index (χ1) is 10.4. The lowest BCUT2D eigenvalue weighted by molar-refractivity contribution is 0.419. The van der Waals surface area contributed by atoms with Gasteiger partial charge in [0.25, 0.3) is 0 Å². The number of hydrogen-bond donors (Lipinski definition) is 0. The third-order valence-corrected chi connectivity index (χ3v) is 4.98. The van der Waals surface area contributed by atoms with Crippen LogP contribution in [0.15, 0.2) is 42.5 Å². The molecular weight excluding hydrogens is 280 g/mol. The van der Waals surface area contributed by atoms with Crippen molar-refractivity contribution in [2.75, 3.05) is 18.6 Å². The third kappa shape index (κ3) is 2.07. The van der Waals surface area contributed by atoms with E-state index in [1.165, 1.54) is 22.4 Å². The van der Waals surface area contributed by atoms with Crippen molar-refractivity contribution in [3.63, 3.8) is 0 Å². The summed E-state index contributed by atoms with van der Waals surface area (Å²) >= 11 is 1.73. The van der Waals surface area contributed by atoms with Crippen LogP contribution in [-0.2, 0) is 6.42 Å². The van der Waals surface area contributed by atoms with Crippen molar-refractivity contribution >= 4 is 32.4 Å². The minimum atomic E-state index is 0.847. The van der Waals surface area contributed by atoms with Crippen molar-refractivity contribution in [1.29, 1.82) is 0 Å². The highest BCUT2D eigenvalue weighted by molar-refractivity contribution is 7.22. The maximum Gasteiger partial charge on any atom is 0.191 e. The number of aryl methyl sites for hydroxylation is 1. The number of fused-ring (bicyclic) bond motifs is 2. The largest absolute Gasteiger partial charge is 0.494 e. The lowest BCUT2D eigenvalue weighted by Crippen LogP contribution is -2.24. The Labute approximate surface area is 127 Å². The van der Waals surface area contributed by atoms with Crippen molar-refractivity contribution in [2.24, 2.45) is 0 Å². The van der Waals surface area contributed by atoms with Crippen molar-refractivity contribution in [3.05, 3.63) is 48.0 Å². The molecule has 0 spiro atoms. The van der Waals surface area contributed by atoms with Gasteiger partial charge in [0.05, 0.1) is 11.8 Å². The molecule has 3 nitrogen and oxygen atoms in total. The van der Waals surface area contributed by atoms with Crippen molar-refractivity contribution in [1.82, 2.24) is 4.98 Å². The Kier molecular flexibility index (Phi) is 3.04. The molecule has 2 aromatic carbocycles. The summed E-state index contributed by atoms with van der Waals surface area (Å²) in [5, 5.41) is 1.06. The lowest BCUT2D eigenvalue weighted by Gasteiger charge is -2.28. The van der Waals surface area contributed by atoms with E-state index in [9.17, 15) is 0 Å². The quantitative estimate of drug-likeness (QED) is 0.701. The smallest absolute Gasteiger partial charge is 0.191 e. The molecule has 3 aromatic rings. The van der Waals surface area contributed by atoms with Crippen molar-refractivity contribution in [3.8, 4) is 5.75 Å². The van der Waals surface area contributed by atoms with Gasteiger partial charge >= 0.3 is 0 Å². The number of rotatable bonds is 2. The van der Waals surface area contributed by atoms with Crippen LogP contribution in [0.4, 0.5) is 10.8 Å². The number of aromatic nitrogens is 1. The Bertz CT molecular complexity index is 796.